The Bertz CT molecular complexity index is 648. The SMILES string of the molecule is CCN(CC)CC.Nc1cc(N)c(-c2ccccc2)c(C(=O)O)c1. The lowest BCUT2D eigenvalue weighted by atomic mass is 9.97. The Morgan fingerprint density at radius 1 is 1.00 bits per heavy atom. The van der Waals surface area contributed by atoms with Crippen LogP contribution in [0.25, 0.3) is 11.1 Å². The molecule has 5 nitrogen and oxygen atoms in total. The molecular formula is C19H27N3O2. The summed E-state index contributed by atoms with van der Waals surface area (Å²) in [7, 11) is 0. The number of benzene rings is 2. The van der Waals surface area contributed by atoms with Crippen molar-refractivity contribution in [1.29, 1.82) is 0 Å². The lowest BCUT2D eigenvalue weighted by Crippen LogP contribution is -2.21. The lowest BCUT2D eigenvalue weighted by Gasteiger charge is -2.13. The third-order valence-electron chi connectivity index (χ3n) is 3.83. The van der Waals surface area contributed by atoms with E-state index in [9.17, 15) is 4.79 Å². The summed E-state index contributed by atoms with van der Waals surface area (Å²) in [4.78, 5) is 13.6. The molecule has 0 aliphatic carbocycles. The summed E-state index contributed by atoms with van der Waals surface area (Å²) in [6, 6.07) is 12.1. The second kappa shape index (κ2) is 9.57. The fourth-order valence-corrected chi connectivity index (χ4v) is 2.45. The van der Waals surface area contributed by atoms with Crippen LogP contribution in [0.5, 0.6) is 0 Å². The van der Waals surface area contributed by atoms with Crippen molar-refractivity contribution in [3.05, 3.63) is 48.0 Å². The minimum Gasteiger partial charge on any atom is -0.478 e. The molecule has 0 aromatic heterocycles. The Morgan fingerprint density at radius 3 is 1.96 bits per heavy atom. The molecule has 0 fully saturated rings. The van der Waals surface area contributed by atoms with Crippen LogP contribution < -0.4 is 11.5 Å². The maximum absolute atomic E-state index is 11.2. The van der Waals surface area contributed by atoms with Crippen molar-refractivity contribution in [3.63, 3.8) is 0 Å². The zero-order valence-electron chi connectivity index (χ0n) is 14.6. The van der Waals surface area contributed by atoms with Crippen molar-refractivity contribution in [1.82, 2.24) is 4.90 Å². The number of carboxylic acid groups (broad SMARTS) is 1. The molecule has 0 bridgehead atoms. The van der Waals surface area contributed by atoms with E-state index in [1.807, 2.05) is 30.3 Å². The summed E-state index contributed by atoms with van der Waals surface area (Å²) >= 11 is 0. The van der Waals surface area contributed by atoms with Crippen LogP contribution in [0.4, 0.5) is 11.4 Å². The molecule has 2 aromatic carbocycles. The quantitative estimate of drug-likeness (QED) is 0.729. The van der Waals surface area contributed by atoms with Crippen LogP contribution in [-0.2, 0) is 0 Å². The number of nitrogens with zero attached hydrogens (tertiary/aromatic N) is 1. The van der Waals surface area contributed by atoms with Gasteiger partial charge in [-0.05, 0) is 37.3 Å². The standard InChI is InChI=1S/C13H12N2O2.C6H15N/c14-9-6-10(13(16)17)12(11(15)7-9)8-4-2-1-3-5-8;1-4-7(5-2)6-3/h1-7H,14-15H2,(H,16,17);4-6H2,1-3H3. The van der Waals surface area contributed by atoms with Crippen molar-refractivity contribution in [3.8, 4) is 11.1 Å². The van der Waals surface area contributed by atoms with E-state index in [1.54, 1.807) is 6.07 Å². The first-order chi connectivity index (χ1) is 11.4. The van der Waals surface area contributed by atoms with E-state index in [1.165, 1.54) is 25.7 Å². The number of aromatic carboxylic acids is 1. The molecule has 5 heteroatoms. The molecule has 130 valence electrons. The molecule has 0 spiro atoms. The van der Waals surface area contributed by atoms with Gasteiger partial charge >= 0.3 is 5.97 Å². The number of hydrogen-bond acceptors (Lipinski definition) is 4. The van der Waals surface area contributed by atoms with Gasteiger partial charge in [0.15, 0.2) is 0 Å². The fourth-order valence-electron chi connectivity index (χ4n) is 2.45. The lowest BCUT2D eigenvalue weighted by molar-refractivity contribution is 0.0698. The highest BCUT2D eigenvalue weighted by molar-refractivity contribution is 6.01. The predicted molar refractivity (Wildman–Crippen MR) is 101 cm³/mol. The molecule has 0 saturated heterocycles. The minimum atomic E-state index is -1.04. The van der Waals surface area contributed by atoms with Gasteiger partial charge in [-0.3, -0.25) is 0 Å². The molecule has 0 heterocycles. The molecule has 0 unspecified atom stereocenters. The second-order valence-corrected chi connectivity index (χ2v) is 5.32. The molecule has 2 rings (SSSR count). The van der Waals surface area contributed by atoms with Crippen molar-refractivity contribution >= 4 is 17.3 Å². The smallest absolute Gasteiger partial charge is 0.336 e. The van der Waals surface area contributed by atoms with Crippen LogP contribution in [0.1, 0.15) is 31.1 Å². The average Bonchev–Trinajstić information content (AvgIpc) is 2.57. The Labute approximate surface area is 143 Å². The predicted octanol–water partition coefficient (Wildman–Crippen LogP) is 3.56. The molecule has 0 saturated carbocycles. The number of hydrogen-bond donors (Lipinski definition) is 3. The van der Waals surface area contributed by atoms with E-state index < -0.39 is 5.97 Å². The van der Waals surface area contributed by atoms with Gasteiger partial charge in [-0.15, -0.1) is 0 Å². The van der Waals surface area contributed by atoms with E-state index in [2.05, 4.69) is 25.7 Å². The zero-order valence-corrected chi connectivity index (χ0v) is 14.6. The summed E-state index contributed by atoms with van der Waals surface area (Å²) in [5, 5.41) is 9.16. The van der Waals surface area contributed by atoms with Crippen molar-refractivity contribution in [2.75, 3.05) is 31.1 Å². The number of nitrogens with two attached hydrogens (primary N) is 2. The first-order valence-corrected chi connectivity index (χ1v) is 8.14. The van der Waals surface area contributed by atoms with Crippen molar-refractivity contribution in [2.24, 2.45) is 0 Å². The maximum Gasteiger partial charge on any atom is 0.336 e. The average molecular weight is 329 g/mol. The topological polar surface area (TPSA) is 92.6 Å². The monoisotopic (exact) mass is 329 g/mol. The fraction of sp³-hybridized carbons (Fsp3) is 0.316. The van der Waals surface area contributed by atoms with Gasteiger partial charge in [-0.2, -0.15) is 0 Å². The largest absolute Gasteiger partial charge is 0.478 e. The van der Waals surface area contributed by atoms with Gasteiger partial charge in [0.2, 0.25) is 0 Å². The van der Waals surface area contributed by atoms with Gasteiger partial charge in [0.1, 0.15) is 0 Å². The molecule has 0 aliphatic rings. The van der Waals surface area contributed by atoms with E-state index in [0.29, 0.717) is 16.9 Å². The van der Waals surface area contributed by atoms with Gasteiger partial charge in [-0.25, -0.2) is 4.79 Å². The Balaban J connectivity index is 0.000000351. The Morgan fingerprint density at radius 2 is 1.54 bits per heavy atom. The third kappa shape index (κ3) is 5.28. The number of carbonyl (C=O) groups is 1. The summed E-state index contributed by atoms with van der Waals surface area (Å²) in [6.45, 7) is 10.1. The van der Waals surface area contributed by atoms with Gasteiger partial charge in [-0.1, -0.05) is 51.1 Å². The number of rotatable bonds is 5. The van der Waals surface area contributed by atoms with Crippen LogP contribution in [0.15, 0.2) is 42.5 Å². The first kappa shape index (κ1) is 19.5. The van der Waals surface area contributed by atoms with Crippen molar-refractivity contribution in [2.45, 2.75) is 20.8 Å². The summed E-state index contributed by atoms with van der Waals surface area (Å²) in [5.74, 6) is -1.04. The molecule has 0 atom stereocenters. The number of nitrogen functional groups attached to an aromatic ring is 2. The summed E-state index contributed by atoms with van der Waals surface area (Å²) < 4.78 is 0. The van der Waals surface area contributed by atoms with Crippen molar-refractivity contribution < 1.29 is 9.90 Å². The van der Waals surface area contributed by atoms with Gasteiger partial charge in [0.25, 0.3) is 0 Å². The molecule has 2 aromatic rings. The maximum atomic E-state index is 11.2. The zero-order chi connectivity index (χ0) is 18.1. The molecule has 0 radical (unpaired) electrons. The van der Waals surface area contributed by atoms with E-state index >= 15 is 0 Å². The molecular weight excluding hydrogens is 302 g/mol. The second-order valence-electron chi connectivity index (χ2n) is 5.32. The van der Waals surface area contributed by atoms with Crippen LogP contribution in [0.2, 0.25) is 0 Å². The highest BCUT2D eigenvalue weighted by Gasteiger charge is 2.15. The molecule has 0 aliphatic heterocycles. The van der Waals surface area contributed by atoms with Crippen LogP contribution >= 0.6 is 0 Å². The first-order valence-electron chi connectivity index (χ1n) is 8.14. The molecule has 5 N–H and O–H groups in total. The molecule has 0 amide bonds. The van der Waals surface area contributed by atoms with Crippen LogP contribution in [-0.4, -0.2) is 35.6 Å². The van der Waals surface area contributed by atoms with Crippen LogP contribution in [0.3, 0.4) is 0 Å². The van der Waals surface area contributed by atoms with E-state index in [-0.39, 0.29) is 5.56 Å². The highest BCUT2D eigenvalue weighted by atomic mass is 16.4. The van der Waals surface area contributed by atoms with E-state index in [0.717, 1.165) is 5.56 Å². The third-order valence-corrected chi connectivity index (χ3v) is 3.83. The Hall–Kier alpha value is -2.53. The van der Waals surface area contributed by atoms with Gasteiger partial charge in [0, 0.05) is 16.9 Å². The Kier molecular flexibility index (Phi) is 7.79. The number of carboxylic acids is 1. The summed E-state index contributed by atoms with van der Waals surface area (Å²) in [5.41, 5.74) is 13.6. The van der Waals surface area contributed by atoms with Crippen LogP contribution in [0, 0.1) is 0 Å². The summed E-state index contributed by atoms with van der Waals surface area (Å²) in [6.07, 6.45) is 0. The van der Waals surface area contributed by atoms with Gasteiger partial charge < -0.3 is 21.5 Å². The van der Waals surface area contributed by atoms with Gasteiger partial charge in [0.05, 0.1) is 5.56 Å². The normalized spacial score (nSPS) is 10.2. The molecule has 24 heavy (non-hydrogen) atoms. The minimum absolute atomic E-state index is 0.119. The highest BCUT2D eigenvalue weighted by Crippen LogP contribution is 2.31. The van der Waals surface area contributed by atoms with E-state index in [4.69, 9.17) is 16.6 Å². The number of anilines is 2.